The van der Waals surface area contributed by atoms with Gasteiger partial charge in [0.25, 0.3) is 0 Å². The molecule has 12 aromatic rings. The first kappa shape index (κ1) is 31.0. The van der Waals surface area contributed by atoms with Crippen LogP contribution in [0.4, 0.5) is 0 Å². The van der Waals surface area contributed by atoms with E-state index < -0.39 is 0 Å². The van der Waals surface area contributed by atoms with Crippen molar-refractivity contribution >= 4 is 76.2 Å². The lowest BCUT2D eigenvalue weighted by atomic mass is 9.84. The predicted octanol–water partition coefficient (Wildman–Crippen LogP) is 15.6. The second kappa shape index (κ2) is 12.0. The minimum atomic E-state index is 0.869. The number of furan rings is 2. The van der Waals surface area contributed by atoms with Crippen molar-refractivity contribution in [1.29, 1.82) is 0 Å². The number of benzene rings is 10. The number of fused-ring (bicyclic) bond motifs is 9. The maximum Gasteiger partial charge on any atom is 0.143 e. The molecule has 2 heteroatoms. The molecule has 0 amide bonds. The highest BCUT2D eigenvalue weighted by Gasteiger charge is 2.22. The first-order valence-electron chi connectivity index (χ1n) is 19.2. The van der Waals surface area contributed by atoms with E-state index in [1.165, 1.54) is 54.6 Å². The molecule has 0 spiro atoms. The standard InChI is InChI=1S/C54H32O2/c1-2-15-36-33(13-1)14-11-22-39(36)51-42-19-5-3-17-40(42)50(41-18-4-6-20-43(41)51)35-29-27-34(28-30-35)37-31-32-44(52-47-21-8-10-26-49(47)56-54(37)52)46-24-12-23-45-38-16-7-9-25-48(38)55-53(45)46/h1-32H. The predicted molar refractivity (Wildman–Crippen MR) is 235 cm³/mol. The Hall–Kier alpha value is -7.42. The average molecular weight is 713 g/mol. The van der Waals surface area contributed by atoms with Crippen LogP contribution in [0, 0.1) is 0 Å². The molecule has 0 bridgehead atoms. The van der Waals surface area contributed by atoms with Crippen LogP contribution in [0.3, 0.4) is 0 Å². The summed E-state index contributed by atoms with van der Waals surface area (Å²) in [7, 11) is 0. The summed E-state index contributed by atoms with van der Waals surface area (Å²) in [6.07, 6.45) is 0. The van der Waals surface area contributed by atoms with Crippen molar-refractivity contribution < 1.29 is 8.83 Å². The monoisotopic (exact) mass is 712 g/mol. The van der Waals surface area contributed by atoms with Gasteiger partial charge in [-0.1, -0.05) is 176 Å². The molecule has 56 heavy (non-hydrogen) atoms. The zero-order valence-electron chi connectivity index (χ0n) is 30.3. The van der Waals surface area contributed by atoms with Gasteiger partial charge in [-0.25, -0.2) is 0 Å². The topological polar surface area (TPSA) is 26.3 Å². The minimum Gasteiger partial charge on any atom is -0.455 e. The van der Waals surface area contributed by atoms with Gasteiger partial charge in [-0.05, 0) is 83.9 Å². The fraction of sp³-hybridized carbons (Fsp3) is 0. The molecule has 10 aromatic carbocycles. The van der Waals surface area contributed by atoms with Crippen LogP contribution in [-0.2, 0) is 0 Å². The summed E-state index contributed by atoms with van der Waals surface area (Å²) in [4.78, 5) is 0. The molecular weight excluding hydrogens is 681 g/mol. The number of hydrogen-bond acceptors (Lipinski definition) is 2. The summed E-state index contributed by atoms with van der Waals surface area (Å²) in [5.41, 5.74) is 12.8. The summed E-state index contributed by atoms with van der Waals surface area (Å²) < 4.78 is 13.3. The summed E-state index contributed by atoms with van der Waals surface area (Å²) in [6, 6.07) is 69.7. The van der Waals surface area contributed by atoms with Gasteiger partial charge in [0.2, 0.25) is 0 Å². The van der Waals surface area contributed by atoms with Crippen LogP contribution < -0.4 is 0 Å². The lowest BCUT2D eigenvalue weighted by Gasteiger charge is -2.19. The summed E-state index contributed by atoms with van der Waals surface area (Å²) in [5.74, 6) is 0. The van der Waals surface area contributed by atoms with E-state index in [1.807, 2.05) is 18.2 Å². The highest BCUT2D eigenvalue weighted by atomic mass is 16.3. The van der Waals surface area contributed by atoms with Gasteiger partial charge in [-0.15, -0.1) is 0 Å². The van der Waals surface area contributed by atoms with Crippen LogP contribution in [-0.4, -0.2) is 0 Å². The highest BCUT2D eigenvalue weighted by Crippen LogP contribution is 2.47. The Kier molecular flexibility index (Phi) is 6.66. The normalized spacial score (nSPS) is 11.9. The van der Waals surface area contributed by atoms with E-state index >= 15 is 0 Å². The van der Waals surface area contributed by atoms with E-state index in [2.05, 4.69) is 176 Å². The molecule has 0 saturated carbocycles. The molecule has 0 N–H and O–H groups in total. The van der Waals surface area contributed by atoms with E-state index in [0.717, 1.165) is 66.1 Å². The van der Waals surface area contributed by atoms with Crippen molar-refractivity contribution in [3.8, 4) is 44.5 Å². The fourth-order valence-corrected chi connectivity index (χ4v) is 9.23. The number of rotatable bonds is 4. The van der Waals surface area contributed by atoms with Gasteiger partial charge in [-0.3, -0.25) is 0 Å². The van der Waals surface area contributed by atoms with Gasteiger partial charge in [-0.2, -0.15) is 0 Å². The highest BCUT2D eigenvalue weighted by molar-refractivity contribution is 6.24. The van der Waals surface area contributed by atoms with Crippen LogP contribution >= 0.6 is 0 Å². The third-order valence-electron chi connectivity index (χ3n) is 11.7. The second-order valence-electron chi connectivity index (χ2n) is 14.7. The van der Waals surface area contributed by atoms with E-state index in [0.29, 0.717) is 0 Å². The molecule has 0 saturated heterocycles. The Labute approximate surface area is 322 Å². The number of para-hydroxylation sites is 3. The Morgan fingerprint density at radius 3 is 1.46 bits per heavy atom. The molecule has 0 aliphatic heterocycles. The van der Waals surface area contributed by atoms with Crippen LogP contribution in [0.5, 0.6) is 0 Å². The van der Waals surface area contributed by atoms with Crippen molar-refractivity contribution in [2.75, 3.05) is 0 Å². The van der Waals surface area contributed by atoms with Crippen LogP contribution in [0.25, 0.3) is 121 Å². The zero-order valence-corrected chi connectivity index (χ0v) is 30.3. The first-order valence-corrected chi connectivity index (χ1v) is 19.2. The maximum atomic E-state index is 6.76. The molecule has 0 unspecified atom stereocenters. The van der Waals surface area contributed by atoms with Crippen LogP contribution in [0.2, 0.25) is 0 Å². The van der Waals surface area contributed by atoms with E-state index in [4.69, 9.17) is 8.83 Å². The van der Waals surface area contributed by atoms with Crippen molar-refractivity contribution in [3.05, 3.63) is 194 Å². The van der Waals surface area contributed by atoms with Crippen molar-refractivity contribution in [2.45, 2.75) is 0 Å². The van der Waals surface area contributed by atoms with Crippen LogP contribution in [0.15, 0.2) is 203 Å². The molecule has 0 radical (unpaired) electrons. The minimum absolute atomic E-state index is 0.869. The molecule has 0 fully saturated rings. The van der Waals surface area contributed by atoms with Gasteiger partial charge < -0.3 is 8.83 Å². The van der Waals surface area contributed by atoms with Gasteiger partial charge >= 0.3 is 0 Å². The van der Waals surface area contributed by atoms with Gasteiger partial charge in [0.1, 0.15) is 22.3 Å². The molecule has 2 aromatic heterocycles. The van der Waals surface area contributed by atoms with E-state index in [9.17, 15) is 0 Å². The van der Waals surface area contributed by atoms with Gasteiger partial charge in [0, 0.05) is 32.7 Å². The zero-order chi connectivity index (χ0) is 36.7. The smallest absolute Gasteiger partial charge is 0.143 e. The SMILES string of the molecule is c1ccc2c(-c3c4ccccc4c(-c4ccc(-c5ccc(-c6cccc7c6oc6ccccc67)c6c5oc5ccccc56)cc4)c4ccccc34)cccc2c1. The molecule has 12 rings (SSSR count). The Morgan fingerprint density at radius 1 is 0.250 bits per heavy atom. The molecule has 2 heterocycles. The lowest BCUT2D eigenvalue weighted by Crippen LogP contribution is -1.91. The largest absolute Gasteiger partial charge is 0.455 e. The lowest BCUT2D eigenvalue weighted by molar-refractivity contribution is 0.669. The van der Waals surface area contributed by atoms with Gasteiger partial charge in [0.05, 0.1) is 0 Å². The van der Waals surface area contributed by atoms with Crippen molar-refractivity contribution in [3.63, 3.8) is 0 Å². The summed E-state index contributed by atoms with van der Waals surface area (Å²) >= 11 is 0. The third kappa shape index (κ3) is 4.50. The third-order valence-corrected chi connectivity index (χ3v) is 11.7. The maximum absolute atomic E-state index is 6.76. The number of hydrogen-bond donors (Lipinski definition) is 0. The molecule has 0 aliphatic carbocycles. The quantitative estimate of drug-likeness (QED) is 0.170. The average Bonchev–Trinajstić information content (AvgIpc) is 3.85. The Bertz CT molecular complexity index is 3460. The molecular formula is C54H32O2. The molecule has 260 valence electrons. The Morgan fingerprint density at radius 2 is 0.732 bits per heavy atom. The van der Waals surface area contributed by atoms with Crippen molar-refractivity contribution in [2.24, 2.45) is 0 Å². The van der Waals surface area contributed by atoms with E-state index in [1.54, 1.807) is 0 Å². The molecule has 0 aliphatic rings. The van der Waals surface area contributed by atoms with Crippen molar-refractivity contribution in [1.82, 2.24) is 0 Å². The second-order valence-corrected chi connectivity index (χ2v) is 14.7. The fourth-order valence-electron chi connectivity index (χ4n) is 9.23. The molecule has 2 nitrogen and oxygen atoms in total. The first-order chi connectivity index (χ1) is 27.8. The summed E-state index contributed by atoms with van der Waals surface area (Å²) in [5, 5.41) is 11.9. The summed E-state index contributed by atoms with van der Waals surface area (Å²) in [6.45, 7) is 0. The molecule has 0 atom stereocenters. The van der Waals surface area contributed by atoms with E-state index in [-0.39, 0.29) is 0 Å². The Balaban J connectivity index is 1.05. The van der Waals surface area contributed by atoms with Gasteiger partial charge in [0.15, 0.2) is 0 Å². The van der Waals surface area contributed by atoms with Crippen LogP contribution in [0.1, 0.15) is 0 Å².